The number of hydrogen-bond acceptors (Lipinski definition) is 7. The number of hydrogen-bond donors (Lipinski definition) is 0. The van der Waals surface area contributed by atoms with Crippen molar-refractivity contribution in [1.29, 1.82) is 0 Å². The first-order valence-corrected chi connectivity index (χ1v) is 8.57. The Hall–Kier alpha value is -1.67. The van der Waals surface area contributed by atoms with Gasteiger partial charge in [0.1, 0.15) is 6.26 Å². The van der Waals surface area contributed by atoms with E-state index in [-0.39, 0.29) is 30.2 Å². The van der Waals surface area contributed by atoms with Crippen LogP contribution in [0.5, 0.6) is 0 Å². The smallest absolute Gasteiger partial charge is 0.269 e. The van der Waals surface area contributed by atoms with E-state index in [9.17, 15) is 8.42 Å². The highest BCUT2D eigenvalue weighted by atomic mass is 32.2. The van der Waals surface area contributed by atoms with Crippen LogP contribution in [0.3, 0.4) is 0 Å². The van der Waals surface area contributed by atoms with Crippen LogP contribution < -0.4 is 0 Å². The average Bonchev–Trinajstić information content (AvgIpc) is 2.97. The third-order valence-corrected chi connectivity index (χ3v) is 4.04. The van der Waals surface area contributed by atoms with E-state index in [2.05, 4.69) is 10.1 Å². The van der Waals surface area contributed by atoms with Crippen LogP contribution in [0.1, 0.15) is 32.4 Å². The molecule has 1 atom stereocenters. The molecule has 1 aromatic heterocycles. The van der Waals surface area contributed by atoms with E-state index in [1.165, 1.54) is 6.39 Å². The number of allylic oxidation sites excluding steroid dienone is 1. The molecule has 8 heteroatoms. The average molecular weight is 327 g/mol. The van der Waals surface area contributed by atoms with E-state index >= 15 is 0 Å². The van der Waals surface area contributed by atoms with E-state index in [1.54, 1.807) is 23.7 Å². The molecule has 0 saturated heterocycles. The predicted molar refractivity (Wildman–Crippen MR) is 82.8 cm³/mol. The zero-order valence-electron chi connectivity index (χ0n) is 13.0. The molecule has 0 aromatic carbocycles. The van der Waals surface area contributed by atoms with Gasteiger partial charge in [0.25, 0.3) is 10.1 Å². The van der Waals surface area contributed by atoms with Crippen LogP contribution in [0.25, 0.3) is 0 Å². The first kappa shape index (κ1) is 16.7. The fourth-order valence-corrected chi connectivity index (χ4v) is 2.72. The minimum Gasteiger partial charge on any atom is -0.451 e. The Kier molecular flexibility index (Phi) is 5.02. The van der Waals surface area contributed by atoms with Gasteiger partial charge in [-0.2, -0.15) is 13.5 Å². The summed E-state index contributed by atoms with van der Waals surface area (Å²) < 4.78 is 33.6. The lowest BCUT2D eigenvalue weighted by atomic mass is 9.99. The van der Waals surface area contributed by atoms with Crippen LogP contribution >= 0.6 is 0 Å². The van der Waals surface area contributed by atoms with Gasteiger partial charge in [-0.25, -0.2) is 4.98 Å². The van der Waals surface area contributed by atoms with Crippen LogP contribution in [0, 0.1) is 5.41 Å². The molecular formula is C14H21N3O4S. The lowest BCUT2D eigenvalue weighted by Gasteiger charge is -2.20. The Labute approximate surface area is 130 Å². The summed E-state index contributed by atoms with van der Waals surface area (Å²) in [4.78, 5) is 4.05. The quantitative estimate of drug-likeness (QED) is 0.743. The maximum atomic E-state index is 11.8. The summed E-state index contributed by atoms with van der Waals surface area (Å²) >= 11 is 0. The normalized spacial score (nSPS) is 18.9. The molecule has 0 aliphatic carbocycles. The topological polar surface area (TPSA) is 85.0 Å². The lowest BCUT2D eigenvalue weighted by Crippen LogP contribution is -2.26. The summed E-state index contributed by atoms with van der Waals surface area (Å²) in [6, 6.07) is 0. The van der Waals surface area contributed by atoms with E-state index in [1.807, 2.05) is 26.8 Å². The van der Waals surface area contributed by atoms with Crippen LogP contribution in [0.15, 0.2) is 34.5 Å². The summed E-state index contributed by atoms with van der Waals surface area (Å²) in [5.41, 5.74) is 0.571. The van der Waals surface area contributed by atoms with Gasteiger partial charge in [-0.15, -0.1) is 0 Å². The second kappa shape index (κ2) is 6.62. The molecule has 1 aliphatic rings. The van der Waals surface area contributed by atoms with Crippen LogP contribution in [-0.4, -0.2) is 43.5 Å². The third-order valence-electron chi connectivity index (χ3n) is 2.88. The summed E-state index contributed by atoms with van der Waals surface area (Å²) in [6.07, 6.45) is 8.23. The molecule has 2 rings (SSSR count). The first-order valence-electron chi connectivity index (χ1n) is 6.99. The van der Waals surface area contributed by atoms with E-state index in [0.29, 0.717) is 0 Å². The summed E-state index contributed by atoms with van der Waals surface area (Å²) in [5, 5.41) is 5.76. The van der Waals surface area contributed by atoms with E-state index in [4.69, 9.17) is 8.60 Å². The molecule has 2 heterocycles. The van der Waals surface area contributed by atoms with Gasteiger partial charge in [-0.3, -0.25) is 9.19 Å². The van der Waals surface area contributed by atoms with Crippen molar-refractivity contribution in [1.82, 2.24) is 9.99 Å². The molecule has 0 N–H and O–H groups in total. The number of aromatic nitrogens is 1. The maximum Gasteiger partial charge on any atom is 0.269 e. The van der Waals surface area contributed by atoms with E-state index < -0.39 is 10.1 Å². The van der Waals surface area contributed by atoms with Gasteiger partial charge in [0, 0.05) is 12.4 Å². The largest absolute Gasteiger partial charge is 0.451 e. The number of hydrazone groups is 1. The Bertz CT molecular complexity index is 616. The molecule has 0 bridgehead atoms. The van der Waals surface area contributed by atoms with Crippen molar-refractivity contribution in [3.8, 4) is 0 Å². The monoisotopic (exact) mass is 327 g/mol. The van der Waals surface area contributed by atoms with Crippen molar-refractivity contribution in [2.75, 3.05) is 18.9 Å². The molecular weight excluding hydrogens is 306 g/mol. The van der Waals surface area contributed by atoms with Crippen LogP contribution in [0.4, 0.5) is 0 Å². The fourth-order valence-electron chi connectivity index (χ4n) is 1.66. The SMILES string of the molecule is CC(C)(C)COS(=O)(=O)CCN1C=CC(c2cocn2)C=N1. The molecule has 22 heavy (non-hydrogen) atoms. The second-order valence-corrected chi connectivity index (χ2v) is 8.05. The van der Waals surface area contributed by atoms with Gasteiger partial charge in [-0.05, 0) is 5.41 Å². The molecule has 122 valence electrons. The Morgan fingerprint density at radius 1 is 1.41 bits per heavy atom. The van der Waals surface area contributed by atoms with Crippen molar-refractivity contribution in [2.24, 2.45) is 10.5 Å². The van der Waals surface area contributed by atoms with Gasteiger partial charge in [0.2, 0.25) is 0 Å². The van der Waals surface area contributed by atoms with Crippen molar-refractivity contribution < 1.29 is 17.0 Å². The molecule has 0 spiro atoms. The molecule has 0 amide bonds. The van der Waals surface area contributed by atoms with Gasteiger partial charge >= 0.3 is 0 Å². The van der Waals surface area contributed by atoms with Gasteiger partial charge in [-0.1, -0.05) is 26.8 Å². The van der Waals surface area contributed by atoms with Crippen LogP contribution in [0.2, 0.25) is 0 Å². The predicted octanol–water partition coefficient (Wildman–Crippen LogP) is 1.97. The standard InChI is InChI=1S/C14H21N3O4S/c1-14(2,3)10-21-22(18,19)7-6-17-5-4-12(8-16-17)13-9-20-11-15-13/h4-5,8-9,11-12H,6-7,10H2,1-3H3. The Morgan fingerprint density at radius 3 is 2.73 bits per heavy atom. The fraction of sp³-hybridized carbons (Fsp3) is 0.571. The maximum absolute atomic E-state index is 11.8. The summed E-state index contributed by atoms with van der Waals surface area (Å²) in [6.45, 7) is 6.17. The Balaban J connectivity index is 1.81. The third kappa shape index (κ3) is 5.27. The van der Waals surface area contributed by atoms with E-state index in [0.717, 1.165) is 5.69 Å². The van der Waals surface area contributed by atoms with Crippen molar-refractivity contribution in [3.63, 3.8) is 0 Å². The van der Waals surface area contributed by atoms with Gasteiger partial charge in [0.15, 0.2) is 6.39 Å². The molecule has 7 nitrogen and oxygen atoms in total. The Morgan fingerprint density at radius 2 is 2.18 bits per heavy atom. The molecule has 1 aliphatic heterocycles. The number of rotatable bonds is 6. The van der Waals surface area contributed by atoms with Crippen molar-refractivity contribution >= 4 is 16.3 Å². The minimum absolute atomic E-state index is 0.0521. The first-order chi connectivity index (χ1) is 10.3. The van der Waals surface area contributed by atoms with Gasteiger partial charge < -0.3 is 4.42 Å². The molecule has 0 radical (unpaired) electrons. The highest BCUT2D eigenvalue weighted by molar-refractivity contribution is 7.86. The zero-order chi connectivity index (χ0) is 16.2. The van der Waals surface area contributed by atoms with Gasteiger partial charge in [0.05, 0.1) is 30.5 Å². The molecule has 0 fully saturated rings. The molecule has 1 aromatic rings. The highest BCUT2D eigenvalue weighted by Gasteiger charge is 2.19. The molecule has 0 saturated carbocycles. The highest BCUT2D eigenvalue weighted by Crippen LogP contribution is 2.18. The lowest BCUT2D eigenvalue weighted by molar-refractivity contribution is 0.202. The number of oxazole rings is 1. The number of nitrogens with zero attached hydrogens (tertiary/aromatic N) is 3. The zero-order valence-corrected chi connectivity index (χ0v) is 13.8. The summed E-state index contributed by atoms with van der Waals surface area (Å²) in [7, 11) is -3.55. The minimum atomic E-state index is -3.55. The summed E-state index contributed by atoms with van der Waals surface area (Å²) in [5.74, 6) is -0.164. The van der Waals surface area contributed by atoms with Crippen molar-refractivity contribution in [3.05, 3.63) is 30.6 Å². The van der Waals surface area contributed by atoms with Crippen molar-refractivity contribution in [2.45, 2.75) is 26.7 Å². The molecule has 1 unspecified atom stereocenters. The van der Waals surface area contributed by atoms with Crippen LogP contribution in [-0.2, 0) is 14.3 Å². The second-order valence-electron chi connectivity index (χ2n) is 6.29.